The SMILES string of the molecule is CCSc1nnc(NC(=O)/C=C/c2ccc(OC)cc2OC)s1. The Hall–Kier alpha value is -2.06. The maximum absolute atomic E-state index is 11.9. The molecular formula is C15H17N3O3S2. The van der Waals surface area contributed by atoms with Gasteiger partial charge in [0, 0.05) is 17.7 Å². The van der Waals surface area contributed by atoms with Gasteiger partial charge >= 0.3 is 0 Å². The fourth-order valence-electron chi connectivity index (χ4n) is 1.71. The number of methoxy groups -OCH3 is 2. The number of anilines is 1. The summed E-state index contributed by atoms with van der Waals surface area (Å²) in [4.78, 5) is 11.9. The average molecular weight is 351 g/mol. The van der Waals surface area contributed by atoms with E-state index in [0.29, 0.717) is 16.6 Å². The van der Waals surface area contributed by atoms with Crippen molar-refractivity contribution in [1.82, 2.24) is 10.2 Å². The first kappa shape index (κ1) is 17.3. The molecule has 2 rings (SSSR count). The fourth-order valence-corrected chi connectivity index (χ4v) is 3.36. The van der Waals surface area contributed by atoms with E-state index < -0.39 is 0 Å². The molecule has 0 bridgehead atoms. The van der Waals surface area contributed by atoms with Crippen molar-refractivity contribution < 1.29 is 14.3 Å². The van der Waals surface area contributed by atoms with Crippen LogP contribution in [0.5, 0.6) is 11.5 Å². The van der Waals surface area contributed by atoms with Crippen molar-refractivity contribution in [3.63, 3.8) is 0 Å². The molecule has 1 aromatic carbocycles. The van der Waals surface area contributed by atoms with Crippen LogP contribution >= 0.6 is 23.1 Å². The monoisotopic (exact) mass is 351 g/mol. The van der Waals surface area contributed by atoms with Crippen molar-refractivity contribution in [2.24, 2.45) is 0 Å². The molecule has 0 saturated carbocycles. The summed E-state index contributed by atoms with van der Waals surface area (Å²) >= 11 is 2.94. The zero-order valence-electron chi connectivity index (χ0n) is 13.0. The predicted molar refractivity (Wildman–Crippen MR) is 93.5 cm³/mol. The minimum Gasteiger partial charge on any atom is -0.497 e. The van der Waals surface area contributed by atoms with Crippen LogP contribution in [-0.2, 0) is 4.79 Å². The first-order valence-electron chi connectivity index (χ1n) is 6.83. The van der Waals surface area contributed by atoms with Gasteiger partial charge in [0.15, 0.2) is 4.34 Å². The predicted octanol–water partition coefficient (Wildman–Crippen LogP) is 3.32. The number of carbonyl (C=O) groups excluding carboxylic acids is 1. The minimum absolute atomic E-state index is 0.271. The number of thioether (sulfide) groups is 1. The van der Waals surface area contributed by atoms with Crippen LogP contribution in [0.3, 0.4) is 0 Å². The van der Waals surface area contributed by atoms with E-state index in [1.54, 1.807) is 44.2 Å². The summed E-state index contributed by atoms with van der Waals surface area (Å²) in [5.74, 6) is 1.97. The van der Waals surface area contributed by atoms with Gasteiger partial charge in [0.1, 0.15) is 11.5 Å². The molecule has 0 spiro atoms. The number of amides is 1. The van der Waals surface area contributed by atoms with Gasteiger partial charge in [-0.15, -0.1) is 10.2 Å². The van der Waals surface area contributed by atoms with Crippen molar-refractivity contribution in [2.45, 2.75) is 11.3 Å². The Morgan fingerprint density at radius 2 is 2.17 bits per heavy atom. The van der Waals surface area contributed by atoms with E-state index in [1.165, 1.54) is 17.4 Å². The van der Waals surface area contributed by atoms with E-state index in [0.717, 1.165) is 15.7 Å². The summed E-state index contributed by atoms with van der Waals surface area (Å²) in [6.07, 6.45) is 3.11. The number of carbonyl (C=O) groups is 1. The second-order valence-electron chi connectivity index (χ2n) is 4.24. The molecule has 122 valence electrons. The molecule has 1 amide bonds. The second-order valence-corrected chi connectivity index (χ2v) is 6.73. The minimum atomic E-state index is -0.271. The summed E-state index contributed by atoms with van der Waals surface area (Å²) in [6, 6.07) is 5.39. The molecule has 0 unspecified atom stereocenters. The van der Waals surface area contributed by atoms with Gasteiger partial charge in [0.25, 0.3) is 0 Å². The largest absolute Gasteiger partial charge is 0.497 e. The third kappa shape index (κ3) is 4.97. The first-order valence-corrected chi connectivity index (χ1v) is 8.64. The summed E-state index contributed by atoms with van der Waals surface area (Å²) in [5.41, 5.74) is 0.781. The summed E-state index contributed by atoms with van der Waals surface area (Å²) in [5, 5.41) is 11.1. The molecule has 23 heavy (non-hydrogen) atoms. The highest BCUT2D eigenvalue weighted by atomic mass is 32.2. The third-order valence-electron chi connectivity index (χ3n) is 2.76. The Kier molecular flexibility index (Phi) is 6.42. The number of hydrogen-bond acceptors (Lipinski definition) is 7. The summed E-state index contributed by atoms with van der Waals surface area (Å²) in [7, 11) is 3.16. The standard InChI is InChI=1S/C15H17N3O3S2/c1-4-22-15-18-17-14(23-15)16-13(19)8-6-10-5-7-11(20-2)9-12(10)21-3/h5-9H,4H2,1-3H3,(H,16,17,19)/b8-6+. The molecule has 1 heterocycles. The lowest BCUT2D eigenvalue weighted by Crippen LogP contribution is -2.07. The van der Waals surface area contributed by atoms with E-state index in [-0.39, 0.29) is 5.91 Å². The molecule has 2 aromatic rings. The van der Waals surface area contributed by atoms with Gasteiger partial charge in [-0.2, -0.15) is 0 Å². The molecule has 1 aromatic heterocycles. The van der Waals surface area contributed by atoms with Crippen molar-refractivity contribution in [2.75, 3.05) is 25.3 Å². The topological polar surface area (TPSA) is 73.3 Å². The van der Waals surface area contributed by atoms with Crippen LogP contribution < -0.4 is 14.8 Å². The first-order chi connectivity index (χ1) is 11.2. The smallest absolute Gasteiger partial charge is 0.250 e. The number of ether oxygens (including phenoxy) is 2. The molecule has 0 radical (unpaired) electrons. The number of nitrogens with one attached hydrogen (secondary N) is 1. The van der Waals surface area contributed by atoms with Gasteiger partial charge in [-0.1, -0.05) is 30.0 Å². The van der Waals surface area contributed by atoms with Crippen LogP contribution in [-0.4, -0.2) is 36.1 Å². The number of nitrogens with zero attached hydrogens (tertiary/aromatic N) is 2. The Bertz CT molecular complexity index is 701. The van der Waals surface area contributed by atoms with Gasteiger partial charge in [-0.3, -0.25) is 10.1 Å². The van der Waals surface area contributed by atoms with Crippen LogP contribution in [0.4, 0.5) is 5.13 Å². The zero-order valence-corrected chi connectivity index (χ0v) is 14.7. The van der Waals surface area contributed by atoms with Crippen molar-refractivity contribution >= 4 is 40.2 Å². The Morgan fingerprint density at radius 1 is 1.35 bits per heavy atom. The number of hydrogen-bond donors (Lipinski definition) is 1. The number of rotatable bonds is 7. The molecule has 1 N–H and O–H groups in total. The molecule has 8 heteroatoms. The van der Waals surface area contributed by atoms with Gasteiger partial charge in [0.2, 0.25) is 11.0 Å². The third-order valence-corrected chi connectivity index (χ3v) is 4.61. The van der Waals surface area contributed by atoms with E-state index in [1.807, 2.05) is 13.0 Å². The highest BCUT2D eigenvalue weighted by Gasteiger charge is 2.07. The van der Waals surface area contributed by atoms with Crippen molar-refractivity contribution in [3.05, 3.63) is 29.8 Å². The van der Waals surface area contributed by atoms with Crippen LogP contribution in [0.25, 0.3) is 6.08 Å². The maximum Gasteiger partial charge on any atom is 0.250 e. The summed E-state index contributed by atoms with van der Waals surface area (Å²) in [6.45, 7) is 2.04. The van der Waals surface area contributed by atoms with E-state index >= 15 is 0 Å². The highest BCUT2D eigenvalue weighted by Crippen LogP contribution is 2.26. The van der Waals surface area contributed by atoms with E-state index in [4.69, 9.17) is 9.47 Å². The van der Waals surface area contributed by atoms with Crippen LogP contribution in [0.2, 0.25) is 0 Å². The lowest BCUT2D eigenvalue weighted by atomic mass is 10.1. The Balaban J connectivity index is 2.02. The molecular weight excluding hydrogens is 334 g/mol. The molecule has 6 nitrogen and oxygen atoms in total. The van der Waals surface area contributed by atoms with Crippen LogP contribution in [0.15, 0.2) is 28.6 Å². The molecule has 0 saturated heterocycles. The molecule has 0 aliphatic carbocycles. The van der Waals surface area contributed by atoms with Crippen molar-refractivity contribution in [3.8, 4) is 11.5 Å². The molecule has 0 atom stereocenters. The van der Waals surface area contributed by atoms with E-state index in [9.17, 15) is 4.79 Å². The van der Waals surface area contributed by atoms with Crippen molar-refractivity contribution in [1.29, 1.82) is 0 Å². The lowest BCUT2D eigenvalue weighted by molar-refractivity contribution is -0.111. The lowest BCUT2D eigenvalue weighted by Gasteiger charge is -2.07. The van der Waals surface area contributed by atoms with Crippen LogP contribution in [0.1, 0.15) is 12.5 Å². The highest BCUT2D eigenvalue weighted by molar-refractivity contribution is 8.01. The second kappa shape index (κ2) is 8.54. The maximum atomic E-state index is 11.9. The van der Waals surface area contributed by atoms with E-state index in [2.05, 4.69) is 15.5 Å². The number of aromatic nitrogens is 2. The number of benzene rings is 1. The molecule has 0 fully saturated rings. The Morgan fingerprint density at radius 3 is 2.87 bits per heavy atom. The van der Waals surface area contributed by atoms with Gasteiger partial charge in [-0.25, -0.2) is 0 Å². The Labute approximate surface area is 142 Å². The summed E-state index contributed by atoms with van der Waals surface area (Å²) < 4.78 is 11.3. The normalized spacial score (nSPS) is 10.7. The molecule has 0 aliphatic rings. The van der Waals surface area contributed by atoms with Gasteiger partial charge in [0.05, 0.1) is 14.2 Å². The molecule has 0 aliphatic heterocycles. The van der Waals surface area contributed by atoms with Gasteiger partial charge < -0.3 is 9.47 Å². The fraction of sp³-hybridized carbons (Fsp3) is 0.267. The average Bonchev–Trinajstić information content (AvgIpc) is 3.00. The zero-order chi connectivity index (χ0) is 16.7. The van der Waals surface area contributed by atoms with Gasteiger partial charge in [-0.05, 0) is 24.0 Å². The quantitative estimate of drug-likeness (QED) is 0.469. The van der Waals surface area contributed by atoms with Crippen LogP contribution in [0, 0.1) is 0 Å².